The Labute approximate surface area is 224 Å². The molecule has 2 amide bonds. The van der Waals surface area contributed by atoms with Crippen LogP contribution < -0.4 is 15.5 Å². The molecule has 3 N–H and O–H groups in total. The number of likely N-dealkylation sites (tertiary alicyclic amines) is 1. The molecular formula is C26H33F3N6O4. The van der Waals surface area contributed by atoms with Crippen molar-refractivity contribution < 1.29 is 32.5 Å². The molecule has 13 heteroatoms. The van der Waals surface area contributed by atoms with Crippen molar-refractivity contribution in [3.8, 4) is 11.3 Å². The zero-order valence-electron chi connectivity index (χ0n) is 21.8. The minimum Gasteiger partial charge on any atom is -0.383 e. The molecule has 3 saturated heterocycles. The van der Waals surface area contributed by atoms with Gasteiger partial charge in [0.1, 0.15) is 11.4 Å². The van der Waals surface area contributed by atoms with Gasteiger partial charge >= 0.3 is 12.2 Å². The van der Waals surface area contributed by atoms with E-state index in [-0.39, 0.29) is 32.8 Å². The fraction of sp³-hybridized carbons (Fsp3) is 0.577. The number of carbonyl (C=O) groups excluding carboxylic acids is 1. The van der Waals surface area contributed by atoms with Crippen LogP contribution in [-0.4, -0.2) is 96.9 Å². The summed E-state index contributed by atoms with van der Waals surface area (Å²) in [5, 5.41) is 16.4. The minimum absolute atomic E-state index is 0.0747. The molecule has 2 aromatic rings. The summed E-state index contributed by atoms with van der Waals surface area (Å²) in [7, 11) is 0. The number of nitrogens with one attached hydrogen (secondary N) is 2. The van der Waals surface area contributed by atoms with Gasteiger partial charge in [0.2, 0.25) is 5.95 Å². The smallest absolute Gasteiger partial charge is 0.383 e. The average molecular weight is 551 g/mol. The summed E-state index contributed by atoms with van der Waals surface area (Å²) in [5.74, 6) is 0.486. The van der Waals surface area contributed by atoms with Crippen LogP contribution in [-0.2, 0) is 9.47 Å². The molecule has 3 aliphatic rings. The largest absolute Gasteiger partial charge is 0.389 e. The molecule has 3 fully saturated rings. The van der Waals surface area contributed by atoms with Crippen LogP contribution in [0.15, 0.2) is 24.3 Å². The van der Waals surface area contributed by atoms with Crippen LogP contribution in [0.25, 0.3) is 11.3 Å². The Morgan fingerprint density at radius 1 is 1.15 bits per heavy atom. The van der Waals surface area contributed by atoms with Crippen LogP contribution in [0.4, 0.5) is 35.4 Å². The maximum Gasteiger partial charge on any atom is 0.389 e. The van der Waals surface area contributed by atoms with Gasteiger partial charge in [0.25, 0.3) is 0 Å². The average Bonchev–Trinajstić information content (AvgIpc) is 3.35. The summed E-state index contributed by atoms with van der Waals surface area (Å²) in [5.41, 5.74) is 1.87. The summed E-state index contributed by atoms with van der Waals surface area (Å²) >= 11 is 0. The van der Waals surface area contributed by atoms with Gasteiger partial charge in [-0.05, 0) is 37.0 Å². The third-order valence-corrected chi connectivity index (χ3v) is 7.22. The first-order chi connectivity index (χ1) is 18.6. The lowest BCUT2D eigenvalue weighted by atomic mass is 10.0. The summed E-state index contributed by atoms with van der Waals surface area (Å²) in [6, 6.07) is 6.88. The Morgan fingerprint density at radius 2 is 1.92 bits per heavy atom. The number of morpholine rings is 1. The number of halogens is 3. The van der Waals surface area contributed by atoms with Crippen LogP contribution in [0.3, 0.4) is 0 Å². The third kappa shape index (κ3) is 6.89. The van der Waals surface area contributed by atoms with Crippen LogP contribution in [0.1, 0.15) is 18.4 Å². The van der Waals surface area contributed by atoms with Crippen molar-refractivity contribution in [2.75, 3.05) is 74.7 Å². The Bertz CT molecular complexity index is 1190. The molecule has 39 heavy (non-hydrogen) atoms. The standard InChI is InChI=1S/C26H33F3N6O4/c1-17-2-3-19(31-24(36)35-5-4-18(13-35)12-26(27,28)29)10-20(17)21-11-22(34-6-8-38-9-7-34)33-23(32-21)30-14-25(37)15-39-16-25/h2-3,10-11,18,37H,4-9,12-16H2,1H3,(H,31,36)(H,30,32,33)/t18-/m0/s1. The molecule has 5 rings (SSSR count). The molecule has 4 heterocycles. The van der Waals surface area contributed by atoms with E-state index in [2.05, 4.69) is 20.5 Å². The molecule has 0 unspecified atom stereocenters. The zero-order chi connectivity index (χ0) is 27.6. The molecule has 3 aliphatic heterocycles. The van der Waals surface area contributed by atoms with Crippen LogP contribution in [0, 0.1) is 12.8 Å². The second-order valence-corrected chi connectivity index (χ2v) is 10.5. The van der Waals surface area contributed by atoms with Gasteiger partial charge in [0.05, 0.1) is 38.7 Å². The number of aryl methyl sites for hydroxylation is 1. The Kier molecular flexibility index (Phi) is 7.83. The number of rotatable bonds is 7. The number of aromatic nitrogens is 2. The summed E-state index contributed by atoms with van der Waals surface area (Å²) in [6.45, 7) is 5.52. The first-order valence-electron chi connectivity index (χ1n) is 13.1. The number of aliphatic hydroxyl groups is 1. The number of amides is 2. The fourth-order valence-electron chi connectivity index (χ4n) is 4.98. The van der Waals surface area contributed by atoms with Crippen molar-refractivity contribution in [3.63, 3.8) is 0 Å². The summed E-state index contributed by atoms with van der Waals surface area (Å²) in [4.78, 5) is 25.7. The Balaban J connectivity index is 1.35. The SMILES string of the molecule is Cc1ccc(NC(=O)N2CC[C@@H](CC(F)(F)F)C2)cc1-c1cc(N2CCOCC2)nc(NCC2(O)COC2)n1. The van der Waals surface area contributed by atoms with E-state index in [0.29, 0.717) is 55.9 Å². The maximum absolute atomic E-state index is 12.8. The van der Waals surface area contributed by atoms with Gasteiger partial charge in [0.15, 0.2) is 0 Å². The molecule has 212 valence electrons. The van der Waals surface area contributed by atoms with Crippen molar-refractivity contribution in [1.29, 1.82) is 0 Å². The predicted octanol–water partition coefficient (Wildman–Crippen LogP) is 3.27. The number of carbonyl (C=O) groups is 1. The van der Waals surface area contributed by atoms with Gasteiger partial charge in [-0.25, -0.2) is 9.78 Å². The lowest BCUT2D eigenvalue weighted by Crippen LogP contribution is -2.54. The second kappa shape index (κ2) is 11.1. The number of anilines is 3. The first kappa shape index (κ1) is 27.4. The molecule has 0 radical (unpaired) electrons. The molecule has 0 spiro atoms. The summed E-state index contributed by atoms with van der Waals surface area (Å²) in [6.07, 6.45) is -4.79. The van der Waals surface area contributed by atoms with E-state index < -0.39 is 30.1 Å². The number of hydrogen-bond donors (Lipinski definition) is 3. The monoisotopic (exact) mass is 550 g/mol. The summed E-state index contributed by atoms with van der Waals surface area (Å²) < 4.78 is 48.9. The predicted molar refractivity (Wildman–Crippen MR) is 139 cm³/mol. The van der Waals surface area contributed by atoms with Crippen molar-refractivity contribution in [2.24, 2.45) is 5.92 Å². The normalized spacial score (nSPS) is 21.0. The fourth-order valence-corrected chi connectivity index (χ4v) is 4.98. The highest BCUT2D eigenvalue weighted by molar-refractivity contribution is 5.90. The van der Waals surface area contributed by atoms with Gasteiger partial charge in [-0.15, -0.1) is 0 Å². The van der Waals surface area contributed by atoms with Crippen molar-refractivity contribution >= 4 is 23.5 Å². The number of ether oxygens (including phenoxy) is 2. The molecular weight excluding hydrogens is 517 g/mol. The van der Waals surface area contributed by atoms with E-state index in [1.165, 1.54) is 4.90 Å². The van der Waals surface area contributed by atoms with Crippen molar-refractivity contribution in [3.05, 3.63) is 29.8 Å². The number of benzene rings is 1. The van der Waals surface area contributed by atoms with Gasteiger partial charge in [-0.1, -0.05) is 6.07 Å². The van der Waals surface area contributed by atoms with E-state index in [4.69, 9.17) is 14.5 Å². The van der Waals surface area contributed by atoms with Gasteiger partial charge in [-0.3, -0.25) is 0 Å². The van der Waals surface area contributed by atoms with Crippen LogP contribution in [0.2, 0.25) is 0 Å². The molecule has 1 aromatic heterocycles. The molecule has 1 aromatic carbocycles. The highest BCUT2D eigenvalue weighted by Crippen LogP contribution is 2.32. The lowest BCUT2D eigenvalue weighted by Gasteiger charge is -2.36. The van der Waals surface area contributed by atoms with Crippen molar-refractivity contribution in [1.82, 2.24) is 14.9 Å². The third-order valence-electron chi connectivity index (χ3n) is 7.22. The molecule has 0 saturated carbocycles. The lowest BCUT2D eigenvalue weighted by molar-refractivity contribution is -0.168. The second-order valence-electron chi connectivity index (χ2n) is 10.5. The first-order valence-corrected chi connectivity index (χ1v) is 13.1. The number of urea groups is 1. The van der Waals surface area contributed by atoms with E-state index in [1.807, 2.05) is 19.1 Å². The maximum atomic E-state index is 12.8. The van der Waals surface area contributed by atoms with Gasteiger partial charge in [-0.2, -0.15) is 18.2 Å². The van der Waals surface area contributed by atoms with Crippen molar-refractivity contribution in [2.45, 2.75) is 31.5 Å². The molecule has 10 nitrogen and oxygen atoms in total. The van der Waals surface area contributed by atoms with E-state index in [9.17, 15) is 23.1 Å². The van der Waals surface area contributed by atoms with Crippen LogP contribution >= 0.6 is 0 Å². The molecule has 0 bridgehead atoms. The number of alkyl halides is 3. The minimum atomic E-state index is -4.24. The molecule has 0 aliphatic carbocycles. The number of hydrogen-bond acceptors (Lipinski definition) is 8. The number of nitrogens with zero attached hydrogens (tertiary/aromatic N) is 4. The van der Waals surface area contributed by atoms with E-state index in [1.54, 1.807) is 12.1 Å². The zero-order valence-corrected chi connectivity index (χ0v) is 21.8. The Morgan fingerprint density at radius 3 is 2.62 bits per heavy atom. The molecule has 1 atom stereocenters. The van der Waals surface area contributed by atoms with E-state index in [0.717, 1.165) is 11.1 Å². The van der Waals surface area contributed by atoms with Gasteiger partial charge < -0.3 is 35.0 Å². The Hall–Kier alpha value is -3.16. The highest BCUT2D eigenvalue weighted by Gasteiger charge is 2.37. The van der Waals surface area contributed by atoms with Crippen LogP contribution in [0.5, 0.6) is 0 Å². The highest BCUT2D eigenvalue weighted by atomic mass is 19.4. The topological polar surface area (TPSA) is 112 Å². The van der Waals surface area contributed by atoms with E-state index >= 15 is 0 Å². The quantitative estimate of drug-likeness (QED) is 0.482. The van der Waals surface area contributed by atoms with Gasteiger partial charge in [0, 0.05) is 49.9 Å².